The molecule has 1 rings (SSSR count). The Morgan fingerprint density at radius 2 is 2.36 bits per heavy atom. The van der Waals surface area contributed by atoms with E-state index in [1.807, 2.05) is 0 Å². The number of carbonyl (C=O) groups excluding carboxylic acids is 1. The number of nitrogens with zero attached hydrogens (tertiary/aromatic N) is 1. The summed E-state index contributed by atoms with van der Waals surface area (Å²) in [6, 6.07) is 1.49. The van der Waals surface area contributed by atoms with Gasteiger partial charge in [-0.1, -0.05) is 35.9 Å². The summed E-state index contributed by atoms with van der Waals surface area (Å²) in [6.45, 7) is 3.52. The SMILES string of the molecule is C=CCOC(=O)c1nccc(Cl)c1Cl. The molecule has 0 fully saturated rings. The second-order valence-electron chi connectivity index (χ2n) is 2.34. The van der Waals surface area contributed by atoms with Crippen LogP contribution in [0.15, 0.2) is 24.9 Å². The molecule has 0 saturated carbocycles. The minimum Gasteiger partial charge on any atom is -0.457 e. The van der Waals surface area contributed by atoms with Gasteiger partial charge in [0.05, 0.1) is 10.0 Å². The highest BCUT2D eigenvalue weighted by Crippen LogP contribution is 2.23. The lowest BCUT2D eigenvalue weighted by Crippen LogP contribution is -2.08. The van der Waals surface area contributed by atoms with Crippen molar-refractivity contribution in [1.82, 2.24) is 4.98 Å². The van der Waals surface area contributed by atoms with Crippen LogP contribution in [0.5, 0.6) is 0 Å². The Kier molecular flexibility index (Phi) is 3.92. The Balaban J connectivity index is 2.89. The van der Waals surface area contributed by atoms with Crippen molar-refractivity contribution in [2.75, 3.05) is 6.61 Å². The van der Waals surface area contributed by atoms with Gasteiger partial charge in [-0.15, -0.1) is 0 Å². The van der Waals surface area contributed by atoms with Crippen LogP contribution < -0.4 is 0 Å². The Morgan fingerprint density at radius 3 is 3.00 bits per heavy atom. The quantitative estimate of drug-likeness (QED) is 0.594. The molecule has 0 amide bonds. The largest absolute Gasteiger partial charge is 0.457 e. The number of ether oxygens (including phenoxy) is 1. The second kappa shape index (κ2) is 4.98. The molecule has 14 heavy (non-hydrogen) atoms. The zero-order valence-corrected chi connectivity index (χ0v) is 8.68. The normalized spacial score (nSPS) is 9.57. The van der Waals surface area contributed by atoms with Crippen LogP contribution >= 0.6 is 23.2 Å². The van der Waals surface area contributed by atoms with Crippen LogP contribution in [-0.2, 0) is 4.74 Å². The first-order valence-electron chi connectivity index (χ1n) is 3.75. The lowest BCUT2D eigenvalue weighted by Gasteiger charge is -2.03. The summed E-state index contributed by atoms with van der Waals surface area (Å²) in [5.74, 6) is -0.614. The van der Waals surface area contributed by atoms with Crippen LogP contribution in [0.1, 0.15) is 10.5 Å². The molecule has 0 saturated heterocycles. The lowest BCUT2D eigenvalue weighted by molar-refractivity contribution is 0.0543. The predicted octanol–water partition coefficient (Wildman–Crippen LogP) is 2.73. The van der Waals surface area contributed by atoms with E-state index in [2.05, 4.69) is 11.6 Å². The topological polar surface area (TPSA) is 39.2 Å². The van der Waals surface area contributed by atoms with E-state index in [4.69, 9.17) is 27.9 Å². The van der Waals surface area contributed by atoms with Crippen molar-refractivity contribution in [2.24, 2.45) is 0 Å². The molecule has 3 nitrogen and oxygen atoms in total. The molecular formula is C9H7Cl2NO2. The Bertz CT molecular complexity index is 366. The van der Waals surface area contributed by atoms with Gasteiger partial charge < -0.3 is 4.74 Å². The van der Waals surface area contributed by atoms with E-state index in [-0.39, 0.29) is 22.3 Å². The Labute approximate surface area is 91.3 Å². The highest BCUT2D eigenvalue weighted by Gasteiger charge is 2.14. The maximum atomic E-state index is 11.3. The van der Waals surface area contributed by atoms with Gasteiger partial charge in [-0.3, -0.25) is 0 Å². The molecule has 0 aromatic carbocycles. The fourth-order valence-corrected chi connectivity index (χ4v) is 1.10. The number of carbonyl (C=O) groups is 1. The third kappa shape index (κ3) is 2.47. The van der Waals surface area contributed by atoms with E-state index in [1.165, 1.54) is 18.3 Å². The summed E-state index contributed by atoms with van der Waals surface area (Å²) in [6.07, 6.45) is 2.84. The van der Waals surface area contributed by atoms with Crippen molar-refractivity contribution in [3.05, 3.63) is 40.7 Å². The molecule has 0 spiro atoms. The van der Waals surface area contributed by atoms with Crippen molar-refractivity contribution < 1.29 is 9.53 Å². The van der Waals surface area contributed by atoms with Crippen LogP contribution in [0.25, 0.3) is 0 Å². The molecule has 0 unspecified atom stereocenters. The Morgan fingerprint density at radius 1 is 1.64 bits per heavy atom. The standard InChI is InChI=1S/C9H7Cl2NO2/c1-2-5-14-9(13)8-7(11)6(10)3-4-12-8/h2-4H,1,5H2. The number of hydrogen-bond donors (Lipinski definition) is 0. The van der Waals surface area contributed by atoms with Gasteiger partial charge in [-0.2, -0.15) is 0 Å². The maximum Gasteiger partial charge on any atom is 0.358 e. The van der Waals surface area contributed by atoms with E-state index in [0.29, 0.717) is 0 Å². The highest BCUT2D eigenvalue weighted by molar-refractivity contribution is 6.43. The summed E-state index contributed by atoms with van der Waals surface area (Å²) in [5.41, 5.74) is 0.0148. The summed E-state index contributed by atoms with van der Waals surface area (Å²) in [4.78, 5) is 15.1. The number of pyridine rings is 1. The van der Waals surface area contributed by atoms with Gasteiger partial charge in [0.2, 0.25) is 0 Å². The molecular weight excluding hydrogens is 225 g/mol. The molecule has 0 aliphatic rings. The van der Waals surface area contributed by atoms with Crippen LogP contribution in [-0.4, -0.2) is 17.6 Å². The molecule has 0 aliphatic heterocycles. The maximum absolute atomic E-state index is 11.3. The van der Waals surface area contributed by atoms with Crippen molar-refractivity contribution in [1.29, 1.82) is 0 Å². The van der Waals surface area contributed by atoms with Crippen molar-refractivity contribution in [3.8, 4) is 0 Å². The summed E-state index contributed by atoms with van der Waals surface area (Å²) < 4.78 is 4.75. The van der Waals surface area contributed by atoms with Crippen molar-refractivity contribution in [3.63, 3.8) is 0 Å². The molecule has 1 heterocycles. The van der Waals surface area contributed by atoms with Crippen LogP contribution in [0.3, 0.4) is 0 Å². The van der Waals surface area contributed by atoms with Gasteiger partial charge in [-0.05, 0) is 6.07 Å². The monoisotopic (exact) mass is 231 g/mol. The number of rotatable bonds is 3. The fraction of sp³-hybridized carbons (Fsp3) is 0.111. The van der Waals surface area contributed by atoms with Gasteiger partial charge in [0.1, 0.15) is 6.61 Å². The van der Waals surface area contributed by atoms with Gasteiger partial charge >= 0.3 is 5.97 Å². The molecule has 0 aliphatic carbocycles. The Hall–Kier alpha value is -1.06. The first kappa shape index (κ1) is 11.0. The molecule has 0 N–H and O–H groups in total. The van der Waals surface area contributed by atoms with Crippen molar-refractivity contribution >= 4 is 29.2 Å². The van der Waals surface area contributed by atoms with E-state index in [1.54, 1.807) is 0 Å². The molecule has 0 radical (unpaired) electrons. The number of halogens is 2. The molecule has 1 aromatic heterocycles. The first-order chi connectivity index (χ1) is 6.66. The number of esters is 1. The first-order valence-corrected chi connectivity index (χ1v) is 4.50. The highest BCUT2D eigenvalue weighted by atomic mass is 35.5. The van der Waals surface area contributed by atoms with Crippen LogP contribution in [0, 0.1) is 0 Å². The van der Waals surface area contributed by atoms with Gasteiger partial charge in [-0.25, -0.2) is 9.78 Å². The average Bonchev–Trinajstić information content (AvgIpc) is 2.18. The van der Waals surface area contributed by atoms with E-state index >= 15 is 0 Å². The number of hydrogen-bond acceptors (Lipinski definition) is 3. The summed E-state index contributed by atoms with van der Waals surface area (Å²) in [7, 11) is 0. The predicted molar refractivity (Wildman–Crippen MR) is 54.7 cm³/mol. The minimum atomic E-state index is -0.614. The molecule has 1 aromatic rings. The summed E-state index contributed by atoms with van der Waals surface area (Å²) in [5, 5.41) is 0.371. The third-order valence-electron chi connectivity index (χ3n) is 1.37. The van der Waals surface area contributed by atoms with E-state index in [9.17, 15) is 4.79 Å². The smallest absolute Gasteiger partial charge is 0.358 e. The zero-order valence-electron chi connectivity index (χ0n) is 7.17. The van der Waals surface area contributed by atoms with E-state index < -0.39 is 5.97 Å². The van der Waals surface area contributed by atoms with E-state index in [0.717, 1.165) is 0 Å². The molecule has 5 heteroatoms. The van der Waals surface area contributed by atoms with Crippen LogP contribution in [0.2, 0.25) is 10.0 Å². The minimum absolute atomic E-state index is 0.0148. The van der Waals surface area contributed by atoms with Crippen molar-refractivity contribution in [2.45, 2.75) is 0 Å². The molecule has 0 atom stereocenters. The lowest BCUT2D eigenvalue weighted by atomic mass is 10.3. The van der Waals surface area contributed by atoms with Crippen LogP contribution in [0.4, 0.5) is 0 Å². The fourth-order valence-electron chi connectivity index (χ4n) is 0.765. The average molecular weight is 232 g/mol. The zero-order chi connectivity index (χ0) is 10.6. The number of aromatic nitrogens is 1. The molecule has 0 bridgehead atoms. The third-order valence-corrected chi connectivity index (χ3v) is 2.16. The summed E-state index contributed by atoms with van der Waals surface area (Å²) >= 11 is 11.4. The van der Waals surface area contributed by atoms with Gasteiger partial charge in [0.15, 0.2) is 5.69 Å². The van der Waals surface area contributed by atoms with Gasteiger partial charge in [0, 0.05) is 6.20 Å². The van der Waals surface area contributed by atoms with Gasteiger partial charge in [0.25, 0.3) is 0 Å². The second-order valence-corrected chi connectivity index (χ2v) is 3.13. The molecule has 74 valence electrons.